The number of benzene rings is 1. The molecular weight excluding hydrogens is 592 g/mol. The summed E-state index contributed by atoms with van der Waals surface area (Å²) >= 11 is 0. The smallest absolute Gasteiger partial charge is 0.327 e. The van der Waals surface area contributed by atoms with E-state index in [0.29, 0.717) is 32.2 Å². The number of carboxylic acid groups (broad SMARTS) is 1. The van der Waals surface area contributed by atoms with Gasteiger partial charge in [-0.05, 0) is 43.4 Å². The molecule has 2 saturated heterocycles. The van der Waals surface area contributed by atoms with Crippen molar-refractivity contribution < 1.29 is 34.2 Å². The molecule has 3 aliphatic rings. The van der Waals surface area contributed by atoms with Crippen molar-refractivity contribution in [3.8, 4) is 5.75 Å². The van der Waals surface area contributed by atoms with Crippen molar-refractivity contribution in [2.24, 2.45) is 10.8 Å². The highest BCUT2D eigenvalue weighted by atomic mass is 33.1. The van der Waals surface area contributed by atoms with Gasteiger partial charge >= 0.3 is 5.97 Å². The molecule has 43 heavy (non-hydrogen) atoms. The lowest BCUT2D eigenvalue weighted by atomic mass is 9.81. The molecule has 1 aliphatic carbocycles. The molecule has 0 aromatic heterocycles. The summed E-state index contributed by atoms with van der Waals surface area (Å²) in [7, 11) is 2.46. The van der Waals surface area contributed by atoms with Crippen molar-refractivity contribution in [1.29, 1.82) is 0 Å². The number of hydrogen-bond acceptors (Lipinski definition) is 8. The molecule has 0 radical (unpaired) electrons. The topological polar surface area (TPSA) is 165 Å². The number of amides is 4. The molecule has 1 aromatic rings. The first-order valence-electron chi connectivity index (χ1n) is 14.8. The third-order valence-corrected chi connectivity index (χ3v) is 11.0. The SMILES string of the molecule is CC(C)(C)C(=O)N1CCC(c2ccc(O)cc2)C1C(=O)N[C@H]1CSSC[C@@H](C(=O)O)NC(=O)C2(CCCC2)CCNC1=O. The number of nitrogens with one attached hydrogen (secondary N) is 3. The monoisotopic (exact) mass is 634 g/mol. The molecule has 236 valence electrons. The minimum Gasteiger partial charge on any atom is -0.508 e. The van der Waals surface area contributed by atoms with Gasteiger partial charge in [0.05, 0.1) is 5.41 Å². The second-order valence-electron chi connectivity index (χ2n) is 12.7. The third-order valence-electron chi connectivity index (χ3n) is 8.62. The lowest BCUT2D eigenvalue weighted by molar-refractivity contribution is -0.145. The summed E-state index contributed by atoms with van der Waals surface area (Å²) in [5.41, 5.74) is -0.647. The first kappa shape index (κ1) is 33.0. The fourth-order valence-electron chi connectivity index (χ4n) is 6.19. The van der Waals surface area contributed by atoms with Gasteiger partial charge < -0.3 is 31.1 Å². The summed E-state index contributed by atoms with van der Waals surface area (Å²) in [5, 5.41) is 28.1. The normalized spacial score (nSPS) is 26.9. The van der Waals surface area contributed by atoms with Crippen LogP contribution in [0.25, 0.3) is 0 Å². The van der Waals surface area contributed by atoms with Crippen LogP contribution < -0.4 is 16.0 Å². The number of carboxylic acids is 1. The zero-order valence-electron chi connectivity index (χ0n) is 24.9. The molecule has 1 spiro atoms. The van der Waals surface area contributed by atoms with Crippen LogP contribution in [0.3, 0.4) is 0 Å². The Kier molecular flexibility index (Phi) is 10.6. The van der Waals surface area contributed by atoms with Crippen LogP contribution in [-0.2, 0) is 24.0 Å². The first-order chi connectivity index (χ1) is 20.3. The Morgan fingerprint density at radius 2 is 1.67 bits per heavy atom. The molecule has 2 unspecified atom stereocenters. The van der Waals surface area contributed by atoms with Crippen LogP contribution in [0, 0.1) is 10.8 Å². The van der Waals surface area contributed by atoms with Crippen LogP contribution >= 0.6 is 21.6 Å². The fourth-order valence-corrected chi connectivity index (χ4v) is 8.51. The van der Waals surface area contributed by atoms with Gasteiger partial charge in [-0.15, -0.1) is 0 Å². The maximum Gasteiger partial charge on any atom is 0.327 e. The van der Waals surface area contributed by atoms with Crippen molar-refractivity contribution in [3.05, 3.63) is 29.8 Å². The van der Waals surface area contributed by atoms with Gasteiger partial charge in [0.25, 0.3) is 0 Å². The van der Waals surface area contributed by atoms with E-state index in [1.807, 2.05) is 0 Å². The quantitative estimate of drug-likeness (QED) is 0.313. The van der Waals surface area contributed by atoms with Gasteiger partial charge in [-0.25, -0.2) is 4.79 Å². The number of carbonyl (C=O) groups excluding carboxylic acids is 4. The van der Waals surface area contributed by atoms with Crippen molar-refractivity contribution in [2.75, 3.05) is 24.6 Å². The first-order valence-corrected chi connectivity index (χ1v) is 17.3. The number of phenolic OH excluding ortho intramolecular Hbond substituents is 1. The van der Waals surface area contributed by atoms with E-state index in [1.165, 1.54) is 21.6 Å². The number of hydrogen-bond donors (Lipinski definition) is 5. The van der Waals surface area contributed by atoms with Crippen LogP contribution in [0.1, 0.15) is 70.8 Å². The second-order valence-corrected chi connectivity index (χ2v) is 15.3. The molecule has 4 rings (SSSR count). The van der Waals surface area contributed by atoms with Gasteiger partial charge in [-0.2, -0.15) is 0 Å². The lowest BCUT2D eigenvalue weighted by Crippen LogP contribution is -2.56. The molecule has 3 fully saturated rings. The molecule has 1 saturated carbocycles. The zero-order valence-corrected chi connectivity index (χ0v) is 26.5. The van der Waals surface area contributed by atoms with E-state index in [9.17, 15) is 34.2 Å². The van der Waals surface area contributed by atoms with Crippen molar-refractivity contribution in [3.63, 3.8) is 0 Å². The number of carbonyl (C=O) groups is 5. The second kappa shape index (κ2) is 13.8. The minimum atomic E-state index is -1.12. The van der Waals surface area contributed by atoms with Crippen molar-refractivity contribution >= 4 is 51.2 Å². The summed E-state index contributed by atoms with van der Waals surface area (Å²) in [6.45, 7) is 5.99. The highest BCUT2D eigenvalue weighted by Crippen LogP contribution is 2.42. The molecule has 4 atom stereocenters. The Morgan fingerprint density at radius 3 is 2.30 bits per heavy atom. The Labute approximate surface area is 260 Å². The van der Waals surface area contributed by atoms with E-state index in [0.717, 1.165) is 18.4 Å². The van der Waals surface area contributed by atoms with Gasteiger partial charge in [-0.1, -0.05) is 67.3 Å². The molecule has 1 aromatic carbocycles. The molecule has 4 amide bonds. The Balaban J connectivity index is 1.56. The molecule has 2 aliphatic heterocycles. The minimum absolute atomic E-state index is 0.0991. The standard InChI is InChI=1S/C30H42N4O7S2/c1-29(2,3)28(41)34-15-10-20(18-6-8-19(35)9-7-18)23(34)25(37)32-21-16-42-43-17-22(26(38)39)33-27(40)30(11-4-5-12-30)13-14-31-24(21)36/h6-9,20-23,35H,4-5,10-17H2,1-3H3,(H,31,36)(H,32,37)(H,33,40)(H,38,39)/t20?,21-,22-,23?/m0/s1. The van der Waals surface area contributed by atoms with Gasteiger partial charge in [0.15, 0.2) is 0 Å². The number of likely N-dealkylation sites (tertiary alicyclic amines) is 1. The summed E-state index contributed by atoms with van der Waals surface area (Å²) < 4.78 is 0. The third kappa shape index (κ3) is 7.78. The Bertz CT molecular complexity index is 1210. The maximum absolute atomic E-state index is 14.0. The van der Waals surface area contributed by atoms with Crippen LogP contribution in [0.4, 0.5) is 0 Å². The number of aliphatic carboxylic acids is 1. The molecule has 5 N–H and O–H groups in total. The summed E-state index contributed by atoms with van der Waals surface area (Å²) in [6, 6.07) is 3.73. The van der Waals surface area contributed by atoms with Gasteiger partial charge in [0.1, 0.15) is 23.9 Å². The lowest BCUT2D eigenvalue weighted by Gasteiger charge is -2.33. The highest BCUT2D eigenvalue weighted by molar-refractivity contribution is 8.76. The number of rotatable bonds is 4. The number of phenols is 1. The van der Waals surface area contributed by atoms with Gasteiger partial charge in [0, 0.05) is 35.9 Å². The Morgan fingerprint density at radius 1 is 1.02 bits per heavy atom. The average Bonchev–Trinajstić information content (AvgIpc) is 3.61. The predicted octanol–water partition coefficient (Wildman–Crippen LogP) is 2.64. The molecular formula is C30H42N4O7S2. The van der Waals surface area contributed by atoms with E-state index >= 15 is 0 Å². The van der Waals surface area contributed by atoms with E-state index in [-0.39, 0.29) is 41.5 Å². The zero-order chi connectivity index (χ0) is 31.4. The number of aromatic hydroxyl groups is 1. The van der Waals surface area contributed by atoms with Crippen LogP contribution in [0.5, 0.6) is 5.75 Å². The molecule has 11 nitrogen and oxygen atoms in total. The molecule has 2 heterocycles. The van der Waals surface area contributed by atoms with Crippen LogP contribution in [0.2, 0.25) is 0 Å². The highest BCUT2D eigenvalue weighted by Gasteiger charge is 2.46. The van der Waals surface area contributed by atoms with Crippen LogP contribution in [-0.4, -0.2) is 87.4 Å². The molecule has 0 bridgehead atoms. The van der Waals surface area contributed by atoms with E-state index in [2.05, 4.69) is 16.0 Å². The number of nitrogens with zero attached hydrogens (tertiary/aromatic N) is 1. The summed E-state index contributed by atoms with van der Waals surface area (Å²) in [4.78, 5) is 67.6. The Hall–Kier alpha value is -2.93. The van der Waals surface area contributed by atoms with Crippen molar-refractivity contribution in [1.82, 2.24) is 20.9 Å². The molecule has 13 heteroatoms. The van der Waals surface area contributed by atoms with Gasteiger partial charge in [0.2, 0.25) is 23.6 Å². The summed E-state index contributed by atoms with van der Waals surface area (Å²) in [6.07, 6.45) is 3.89. The van der Waals surface area contributed by atoms with E-state index in [1.54, 1.807) is 49.9 Å². The maximum atomic E-state index is 14.0. The van der Waals surface area contributed by atoms with Crippen LogP contribution in [0.15, 0.2) is 24.3 Å². The predicted molar refractivity (Wildman–Crippen MR) is 165 cm³/mol. The largest absolute Gasteiger partial charge is 0.508 e. The van der Waals surface area contributed by atoms with Crippen molar-refractivity contribution in [2.45, 2.75) is 83.3 Å². The summed E-state index contributed by atoms with van der Waals surface area (Å²) in [5.74, 6) is -2.38. The fraction of sp³-hybridized carbons (Fsp3) is 0.633. The van der Waals surface area contributed by atoms with E-state index < -0.39 is 46.7 Å². The van der Waals surface area contributed by atoms with Gasteiger partial charge in [-0.3, -0.25) is 19.2 Å². The average molecular weight is 635 g/mol. The van der Waals surface area contributed by atoms with E-state index in [4.69, 9.17) is 0 Å².